The van der Waals surface area contributed by atoms with Crippen LogP contribution >= 0.6 is 0 Å². The number of nitrogens with zero attached hydrogens (tertiary/aromatic N) is 3. The highest BCUT2D eigenvalue weighted by Gasteiger charge is 2.19. The molecule has 0 aliphatic carbocycles. The highest BCUT2D eigenvalue weighted by atomic mass is 16.4. The van der Waals surface area contributed by atoms with Gasteiger partial charge in [0.25, 0.3) is 0 Å². The average Bonchev–Trinajstić information content (AvgIpc) is 2.87. The second-order valence-corrected chi connectivity index (χ2v) is 4.66. The van der Waals surface area contributed by atoms with E-state index >= 15 is 0 Å². The Balaban J connectivity index is 2.21. The third kappa shape index (κ3) is 2.43. The molecule has 6 nitrogen and oxygen atoms in total. The van der Waals surface area contributed by atoms with Crippen molar-refractivity contribution in [3.8, 4) is 5.69 Å². The van der Waals surface area contributed by atoms with Crippen LogP contribution in [0.15, 0.2) is 48.7 Å². The van der Waals surface area contributed by atoms with Crippen LogP contribution < -0.4 is 5.32 Å². The number of imidazole rings is 1. The quantitative estimate of drug-likeness (QED) is 0.774. The molecular formula is C15H14N4O2. The summed E-state index contributed by atoms with van der Waals surface area (Å²) < 4.78 is 1.87. The molecule has 1 amide bonds. The Labute approximate surface area is 121 Å². The predicted octanol–water partition coefficient (Wildman–Crippen LogP) is 2.75. The fourth-order valence-corrected chi connectivity index (χ4v) is 2.30. The molecule has 0 saturated heterocycles. The van der Waals surface area contributed by atoms with Crippen molar-refractivity contribution in [3.63, 3.8) is 0 Å². The summed E-state index contributed by atoms with van der Waals surface area (Å²) in [6, 6.07) is 12.9. The number of aromatic nitrogens is 3. The van der Waals surface area contributed by atoms with Gasteiger partial charge in [0.15, 0.2) is 5.65 Å². The third-order valence-corrected chi connectivity index (χ3v) is 3.18. The highest BCUT2D eigenvalue weighted by Crippen LogP contribution is 2.23. The smallest absolute Gasteiger partial charge is 0.405 e. The largest absolute Gasteiger partial charge is 0.465 e. The van der Waals surface area contributed by atoms with Crippen LogP contribution in [-0.4, -0.2) is 25.7 Å². The van der Waals surface area contributed by atoms with Gasteiger partial charge in [-0.1, -0.05) is 18.2 Å². The fraction of sp³-hybridized carbons (Fsp3) is 0.133. The Morgan fingerprint density at radius 3 is 2.71 bits per heavy atom. The zero-order chi connectivity index (χ0) is 14.8. The van der Waals surface area contributed by atoms with E-state index in [0.717, 1.165) is 11.2 Å². The van der Waals surface area contributed by atoms with E-state index in [9.17, 15) is 4.79 Å². The monoisotopic (exact) mass is 282 g/mol. The molecular weight excluding hydrogens is 268 g/mol. The highest BCUT2D eigenvalue weighted by molar-refractivity contribution is 5.74. The molecule has 2 aromatic heterocycles. The van der Waals surface area contributed by atoms with Crippen molar-refractivity contribution in [2.45, 2.75) is 13.0 Å². The minimum Gasteiger partial charge on any atom is -0.465 e. The molecule has 3 aromatic rings. The molecule has 1 aromatic carbocycles. The van der Waals surface area contributed by atoms with Crippen molar-refractivity contribution in [2.24, 2.45) is 0 Å². The molecule has 0 radical (unpaired) electrons. The molecule has 3 rings (SSSR count). The summed E-state index contributed by atoms with van der Waals surface area (Å²) in [6.07, 6.45) is 0.616. The third-order valence-electron chi connectivity index (χ3n) is 3.18. The zero-order valence-corrected chi connectivity index (χ0v) is 11.4. The predicted molar refractivity (Wildman–Crippen MR) is 78.4 cm³/mol. The van der Waals surface area contributed by atoms with Crippen LogP contribution in [0.2, 0.25) is 0 Å². The number of carboxylic acid groups (broad SMARTS) is 1. The van der Waals surface area contributed by atoms with Gasteiger partial charge in [0, 0.05) is 11.9 Å². The Morgan fingerprint density at radius 2 is 2.00 bits per heavy atom. The lowest BCUT2D eigenvalue weighted by Crippen LogP contribution is -2.26. The van der Waals surface area contributed by atoms with Gasteiger partial charge in [-0.05, 0) is 31.2 Å². The summed E-state index contributed by atoms with van der Waals surface area (Å²) in [6.45, 7) is 1.76. The van der Waals surface area contributed by atoms with Gasteiger partial charge < -0.3 is 10.4 Å². The molecule has 0 spiro atoms. The van der Waals surface area contributed by atoms with E-state index in [1.54, 1.807) is 13.1 Å². The zero-order valence-electron chi connectivity index (χ0n) is 11.4. The number of hydrogen-bond donors (Lipinski definition) is 2. The standard InChI is InChI=1S/C15H14N4O2/c1-10(17-15(20)21)13-18-12-8-5-9-16-14(12)19(13)11-6-3-2-4-7-11/h2-10,17H,1H3,(H,20,21)/t10-/m0/s1. The molecule has 0 aliphatic rings. The Morgan fingerprint density at radius 1 is 1.24 bits per heavy atom. The Kier molecular flexibility index (Phi) is 3.27. The normalized spacial score (nSPS) is 12.2. The number of carbonyl (C=O) groups is 1. The van der Waals surface area contributed by atoms with Crippen LogP contribution in [0.1, 0.15) is 18.8 Å². The van der Waals surface area contributed by atoms with Crippen molar-refractivity contribution in [1.29, 1.82) is 0 Å². The molecule has 0 unspecified atom stereocenters. The van der Waals surface area contributed by atoms with Crippen LogP contribution in [0.4, 0.5) is 4.79 Å². The number of pyridine rings is 1. The molecule has 0 bridgehead atoms. The molecule has 106 valence electrons. The van der Waals surface area contributed by atoms with Crippen molar-refractivity contribution in [3.05, 3.63) is 54.5 Å². The first-order valence-corrected chi connectivity index (χ1v) is 6.55. The topological polar surface area (TPSA) is 80.0 Å². The van der Waals surface area contributed by atoms with Gasteiger partial charge in [-0.25, -0.2) is 14.8 Å². The van der Waals surface area contributed by atoms with Crippen molar-refractivity contribution in [1.82, 2.24) is 19.9 Å². The SMILES string of the molecule is C[C@H](NC(=O)O)c1nc2cccnc2n1-c1ccccc1. The molecule has 1 atom stereocenters. The van der Waals surface area contributed by atoms with Gasteiger partial charge in [-0.15, -0.1) is 0 Å². The molecule has 2 N–H and O–H groups in total. The van der Waals surface area contributed by atoms with E-state index < -0.39 is 12.1 Å². The Hall–Kier alpha value is -2.89. The summed E-state index contributed by atoms with van der Waals surface area (Å²) >= 11 is 0. The number of fused-ring (bicyclic) bond motifs is 1. The van der Waals surface area contributed by atoms with Gasteiger partial charge in [0.05, 0.1) is 6.04 Å². The second-order valence-electron chi connectivity index (χ2n) is 4.66. The van der Waals surface area contributed by atoms with Crippen molar-refractivity contribution >= 4 is 17.3 Å². The van der Waals surface area contributed by atoms with Gasteiger partial charge in [0.1, 0.15) is 11.3 Å². The van der Waals surface area contributed by atoms with Gasteiger partial charge >= 0.3 is 6.09 Å². The number of rotatable bonds is 3. The summed E-state index contributed by atoms with van der Waals surface area (Å²) in [4.78, 5) is 19.8. The molecule has 2 heterocycles. The maximum Gasteiger partial charge on any atom is 0.405 e. The van der Waals surface area contributed by atoms with E-state index in [1.807, 2.05) is 47.0 Å². The van der Waals surface area contributed by atoms with Gasteiger partial charge in [0.2, 0.25) is 0 Å². The van der Waals surface area contributed by atoms with Crippen molar-refractivity contribution in [2.75, 3.05) is 0 Å². The summed E-state index contributed by atoms with van der Waals surface area (Å²) in [7, 11) is 0. The van der Waals surface area contributed by atoms with Crippen LogP contribution in [0.5, 0.6) is 0 Å². The Bertz CT molecular complexity index is 783. The van der Waals surface area contributed by atoms with E-state index in [0.29, 0.717) is 11.5 Å². The minimum absolute atomic E-state index is 0.447. The van der Waals surface area contributed by atoms with Crippen molar-refractivity contribution < 1.29 is 9.90 Å². The van der Waals surface area contributed by atoms with Gasteiger partial charge in [-0.3, -0.25) is 4.57 Å². The number of nitrogens with one attached hydrogen (secondary N) is 1. The van der Waals surface area contributed by atoms with Crippen LogP contribution in [0.3, 0.4) is 0 Å². The summed E-state index contributed by atoms with van der Waals surface area (Å²) in [5.74, 6) is 0.609. The lowest BCUT2D eigenvalue weighted by Gasteiger charge is -2.14. The van der Waals surface area contributed by atoms with E-state index in [-0.39, 0.29) is 0 Å². The van der Waals surface area contributed by atoms with Crippen LogP contribution in [0.25, 0.3) is 16.9 Å². The van der Waals surface area contributed by atoms with Crippen LogP contribution in [-0.2, 0) is 0 Å². The number of para-hydroxylation sites is 1. The first kappa shape index (κ1) is 13.1. The molecule has 0 saturated carbocycles. The minimum atomic E-state index is -1.08. The summed E-state index contributed by atoms with van der Waals surface area (Å²) in [5, 5.41) is 11.4. The lowest BCUT2D eigenvalue weighted by molar-refractivity contribution is 0.190. The van der Waals surface area contributed by atoms with Gasteiger partial charge in [-0.2, -0.15) is 0 Å². The number of benzene rings is 1. The maximum atomic E-state index is 10.9. The molecule has 0 fully saturated rings. The molecule has 0 aliphatic heterocycles. The number of hydrogen-bond acceptors (Lipinski definition) is 3. The molecule has 6 heteroatoms. The van der Waals surface area contributed by atoms with E-state index in [4.69, 9.17) is 5.11 Å². The maximum absolute atomic E-state index is 10.9. The van der Waals surface area contributed by atoms with E-state index in [2.05, 4.69) is 15.3 Å². The van der Waals surface area contributed by atoms with E-state index in [1.165, 1.54) is 0 Å². The molecule has 21 heavy (non-hydrogen) atoms. The first-order valence-electron chi connectivity index (χ1n) is 6.55. The fourth-order valence-electron chi connectivity index (χ4n) is 2.30. The lowest BCUT2D eigenvalue weighted by atomic mass is 10.2. The summed E-state index contributed by atoms with van der Waals surface area (Å²) in [5.41, 5.74) is 2.33. The van der Waals surface area contributed by atoms with Crippen LogP contribution in [0, 0.1) is 0 Å². The first-order chi connectivity index (χ1) is 10.2. The number of amides is 1. The second kappa shape index (κ2) is 5.24. The average molecular weight is 282 g/mol.